The summed E-state index contributed by atoms with van der Waals surface area (Å²) in [4.78, 5) is 15.1. The summed E-state index contributed by atoms with van der Waals surface area (Å²) in [6.07, 6.45) is 0. The number of hydrogen-bond donors (Lipinski definition) is 1. The van der Waals surface area contributed by atoms with Gasteiger partial charge in [-0.15, -0.1) is 11.3 Å². The zero-order chi connectivity index (χ0) is 13.9. The molecule has 2 heterocycles. The molecule has 0 saturated carbocycles. The molecule has 0 aliphatic carbocycles. The summed E-state index contributed by atoms with van der Waals surface area (Å²) in [5, 5.41) is 1.85. The van der Waals surface area contributed by atoms with Crippen LogP contribution in [0.15, 0.2) is 11.4 Å². The number of carbonyl (C=O) groups excluding carboxylic acids is 1. The summed E-state index contributed by atoms with van der Waals surface area (Å²) in [5.41, 5.74) is 5.76. The van der Waals surface area contributed by atoms with Crippen molar-refractivity contribution < 1.29 is 9.53 Å². The molecule has 102 valence electrons. The second-order valence-electron chi connectivity index (χ2n) is 5.04. The Hall–Kier alpha value is -1.35. The average Bonchev–Trinajstić information content (AvgIpc) is 2.83. The Morgan fingerprint density at radius 2 is 2.42 bits per heavy atom. The van der Waals surface area contributed by atoms with Crippen LogP contribution in [0.25, 0.3) is 0 Å². The molecule has 1 amide bonds. The minimum Gasteiger partial charge on any atom is -0.372 e. The number of amides is 1. The normalized spacial score (nSPS) is 17.7. The molecule has 1 saturated heterocycles. The third kappa shape index (κ3) is 3.57. The third-order valence-corrected chi connectivity index (χ3v) is 3.72. The topological polar surface area (TPSA) is 55.6 Å². The van der Waals surface area contributed by atoms with Crippen LogP contribution >= 0.6 is 11.3 Å². The smallest absolute Gasteiger partial charge is 0.254 e. The van der Waals surface area contributed by atoms with E-state index in [0.29, 0.717) is 31.8 Å². The van der Waals surface area contributed by atoms with Crippen LogP contribution in [0.3, 0.4) is 0 Å². The molecule has 1 aromatic heterocycles. The van der Waals surface area contributed by atoms with Crippen molar-refractivity contribution in [3.05, 3.63) is 21.9 Å². The zero-order valence-electron chi connectivity index (χ0n) is 11.2. The number of morpholine rings is 1. The van der Waals surface area contributed by atoms with Crippen molar-refractivity contribution >= 4 is 17.2 Å². The quantitative estimate of drug-likeness (QED) is 0.788. The minimum absolute atomic E-state index is 0.0495. The van der Waals surface area contributed by atoms with E-state index in [1.54, 1.807) is 0 Å². The van der Waals surface area contributed by atoms with Crippen LogP contribution < -0.4 is 5.73 Å². The van der Waals surface area contributed by atoms with Gasteiger partial charge in [0.1, 0.15) is 0 Å². The van der Waals surface area contributed by atoms with E-state index in [4.69, 9.17) is 10.5 Å². The third-order valence-electron chi connectivity index (χ3n) is 2.87. The summed E-state index contributed by atoms with van der Waals surface area (Å²) in [6, 6.07) is 1.83. The monoisotopic (exact) mass is 278 g/mol. The van der Waals surface area contributed by atoms with E-state index in [1.807, 2.05) is 30.2 Å². The first-order valence-electron chi connectivity index (χ1n) is 6.22. The first-order chi connectivity index (χ1) is 9.02. The predicted octanol–water partition coefficient (Wildman–Crippen LogP) is 1.31. The lowest BCUT2D eigenvalue weighted by Crippen LogP contribution is -2.50. The highest BCUT2D eigenvalue weighted by Crippen LogP contribution is 2.21. The van der Waals surface area contributed by atoms with Gasteiger partial charge in [0.2, 0.25) is 0 Å². The molecule has 0 radical (unpaired) electrons. The van der Waals surface area contributed by atoms with Crippen LogP contribution in [0.2, 0.25) is 0 Å². The Labute approximate surface area is 117 Å². The molecule has 19 heavy (non-hydrogen) atoms. The van der Waals surface area contributed by atoms with Gasteiger partial charge in [-0.1, -0.05) is 11.8 Å². The van der Waals surface area contributed by atoms with Gasteiger partial charge < -0.3 is 15.4 Å². The van der Waals surface area contributed by atoms with Gasteiger partial charge in [-0.3, -0.25) is 4.79 Å². The van der Waals surface area contributed by atoms with Gasteiger partial charge in [0.05, 0.1) is 29.2 Å². The number of rotatable bonds is 1. The van der Waals surface area contributed by atoms with E-state index < -0.39 is 0 Å². The molecule has 0 aromatic carbocycles. The molecule has 1 aromatic rings. The van der Waals surface area contributed by atoms with Crippen molar-refractivity contribution in [3.63, 3.8) is 0 Å². The molecule has 1 fully saturated rings. The zero-order valence-corrected chi connectivity index (χ0v) is 12.0. The van der Waals surface area contributed by atoms with E-state index >= 15 is 0 Å². The van der Waals surface area contributed by atoms with E-state index in [9.17, 15) is 4.79 Å². The van der Waals surface area contributed by atoms with Crippen molar-refractivity contribution in [1.29, 1.82) is 0 Å². The number of carbonyl (C=O) groups is 1. The van der Waals surface area contributed by atoms with Crippen LogP contribution in [-0.4, -0.2) is 42.6 Å². The molecule has 1 aliphatic rings. The molecule has 1 aliphatic heterocycles. The van der Waals surface area contributed by atoms with Crippen molar-refractivity contribution in [3.8, 4) is 11.8 Å². The first kappa shape index (κ1) is 14.1. The van der Waals surface area contributed by atoms with Gasteiger partial charge in [-0.25, -0.2) is 0 Å². The maximum absolute atomic E-state index is 12.4. The van der Waals surface area contributed by atoms with Crippen LogP contribution in [-0.2, 0) is 4.74 Å². The summed E-state index contributed by atoms with van der Waals surface area (Å²) in [6.45, 7) is 6.17. The van der Waals surface area contributed by atoms with Gasteiger partial charge in [0.15, 0.2) is 0 Å². The van der Waals surface area contributed by atoms with E-state index in [1.165, 1.54) is 11.3 Å². The molecule has 2 N–H and O–H groups in total. The van der Waals surface area contributed by atoms with Crippen LogP contribution in [0.5, 0.6) is 0 Å². The van der Waals surface area contributed by atoms with Gasteiger partial charge in [0, 0.05) is 18.5 Å². The fourth-order valence-corrected chi connectivity index (χ4v) is 2.77. The summed E-state index contributed by atoms with van der Waals surface area (Å²) in [7, 11) is 0. The minimum atomic E-state index is -0.272. The maximum Gasteiger partial charge on any atom is 0.254 e. The van der Waals surface area contributed by atoms with Crippen LogP contribution in [0, 0.1) is 11.8 Å². The van der Waals surface area contributed by atoms with Crippen molar-refractivity contribution in [2.75, 3.05) is 26.2 Å². The molecule has 0 spiro atoms. The standard InChI is InChI=1S/C14H18N2O2S/c1-14(2)10-16(6-7-18-14)13(17)11-8-12(19-9-11)4-3-5-15/h8-9H,5-7,10,15H2,1-2H3. The Morgan fingerprint density at radius 1 is 1.63 bits per heavy atom. The number of nitrogens with zero attached hydrogens (tertiary/aromatic N) is 1. The molecule has 2 rings (SSSR count). The molecule has 0 bridgehead atoms. The second-order valence-corrected chi connectivity index (χ2v) is 5.95. The number of nitrogens with two attached hydrogens (primary N) is 1. The van der Waals surface area contributed by atoms with E-state index in [0.717, 1.165) is 4.88 Å². The highest BCUT2D eigenvalue weighted by atomic mass is 32.1. The van der Waals surface area contributed by atoms with E-state index in [2.05, 4.69) is 11.8 Å². The highest BCUT2D eigenvalue weighted by molar-refractivity contribution is 7.10. The van der Waals surface area contributed by atoms with Gasteiger partial charge in [-0.2, -0.15) is 0 Å². The lowest BCUT2D eigenvalue weighted by atomic mass is 10.1. The molecule has 0 unspecified atom stereocenters. The predicted molar refractivity (Wildman–Crippen MR) is 76.2 cm³/mol. The second kappa shape index (κ2) is 5.74. The summed E-state index contributed by atoms with van der Waals surface area (Å²) < 4.78 is 5.61. The average molecular weight is 278 g/mol. The van der Waals surface area contributed by atoms with Crippen LogP contribution in [0.4, 0.5) is 0 Å². The summed E-state index contributed by atoms with van der Waals surface area (Å²) in [5.74, 6) is 5.79. The first-order valence-corrected chi connectivity index (χ1v) is 7.10. The molecular weight excluding hydrogens is 260 g/mol. The molecule has 0 atom stereocenters. The molecule has 5 heteroatoms. The van der Waals surface area contributed by atoms with E-state index in [-0.39, 0.29) is 11.5 Å². The SMILES string of the molecule is CC1(C)CN(C(=O)c2csc(C#CCN)c2)CCO1. The van der Waals surface area contributed by atoms with Crippen LogP contribution in [0.1, 0.15) is 29.1 Å². The Kier molecular flexibility index (Phi) is 4.25. The Bertz CT molecular complexity index is 525. The molecule has 4 nitrogen and oxygen atoms in total. The Balaban J connectivity index is 2.09. The lowest BCUT2D eigenvalue weighted by molar-refractivity contribution is -0.0763. The fourth-order valence-electron chi connectivity index (χ4n) is 2.02. The van der Waals surface area contributed by atoms with Gasteiger partial charge in [-0.05, 0) is 19.9 Å². The number of ether oxygens (including phenoxy) is 1. The fraction of sp³-hybridized carbons (Fsp3) is 0.500. The lowest BCUT2D eigenvalue weighted by Gasteiger charge is -2.38. The number of thiophene rings is 1. The van der Waals surface area contributed by atoms with Crippen molar-refractivity contribution in [2.24, 2.45) is 5.73 Å². The largest absolute Gasteiger partial charge is 0.372 e. The Morgan fingerprint density at radius 3 is 3.11 bits per heavy atom. The molecular formula is C14H18N2O2S. The number of hydrogen-bond acceptors (Lipinski definition) is 4. The summed E-state index contributed by atoms with van der Waals surface area (Å²) >= 11 is 1.47. The van der Waals surface area contributed by atoms with Crippen molar-refractivity contribution in [1.82, 2.24) is 4.90 Å². The highest BCUT2D eigenvalue weighted by Gasteiger charge is 2.30. The van der Waals surface area contributed by atoms with Crippen molar-refractivity contribution in [2.45, 2.75) is 19.4 Å². The van der Waals surface area contributed by atoms with Gasteiger partial charge >= 0.3 is 0 Å². The maximum atomic E-state index is 12.4. The van der Waals surface area contributed by atoms with Gasteiger partial charge in [0.25, 0.3) is 5.91 Å².